The number of pyridine rings is 1. The van der Waals surface area contributed by atoms with Crippen LogP contribution in [0.4, 0.5) is 0 Å². The lowest BCUT2D eigenvalue weighted by Crippen LogP contribution is -2.20. The summed E-state index contributed by atoms with van der Waals surface area (Å²) < 4.78 is 6.70. The number of aromatic nitrogens is 1. The maximum Gasteiger partial charge on any atom is 0.343 e. The second kappa shape index (κ2) is 5.26. The lowest BCUT2D eigenvalue weighted by Gasteiger charge is -2.09. The molecule has 1 aromatic heterocycles. The average Bonchev–Trinajstić information content (AvgIpc) is 2.42. The smallest absolute Gasteiger partial charge is 0.343 e. The maximum absolute atomic E-state index is 12.4. The Morgan fingerprint density at radius 1 is 1.32 bits per heavy atom. The largest absolute Gasteiger partial charge is 0.462 e. The summed E-state index contributed by atoms with van der Waals surface area (Å²) in [5.41, 5.74) is 1.72. The van der Waals surface area contributed by atoms with Crippen LogP contribution in [0.1, 0.15) is 29.8 Å². The molecule has 0 amide bonds. The number of esters is 1. The molecule has 0 spiro atoms. The van der Waals surface area contributed by atoms with Gasteiger partial charge in [0.15, 0.2) is 0 Å². The highest BCUT2D eigenvalue weighted by atomic mass is 16.5. The molecule has 2 rings (SSSR count). The number of hydrogen-bond acceptors (Lipinski definition) is 3. The van der Waals surface area contributed by atoms with Gasteiger partial charge in [0.2, 0.25) is 5.43 Å². The highest BCUT2D eigenvalue weighted by molar-refractivity contribution is 5.93. The molecular weight excluding hydrogens is 242 g/mol. The normalized spacial score (nSPS) is 10.7. The number of aryl methyl sites for hydroxylation is 2. The van der Waals surface area contributed by atoms with Crippen LogP contribution < -0.4 is 5.43 Å². The van der Waals surface area contributed by atoms with Crippen molar-refractivity contribution in [1.29, 1.82) is 0 Å². The molecule has 1 aromatic carbocycles. The molecular formula is C15H17NO3. The molecule has 0 N–H and O–H groups in total. The Kier molecular flexibility index (Phi) is 3.69. The third-order valence-electron chi connectivity index (χ3n) is 3.16. The van der Waals surface area contributed by atoms with Crippen molar-refractivity contribution in [1.82, 2.24) is 4.57 Å². The maximum atomic E-state index is 12.4. The van der Waals surface area contributed by atoms with Crippen LogP contribution in [0.25, 0.3) is 10.9 Å². The molecule has 100 valence electrons. The van der Waals surface area contributed by atoms with Gasteiger partial charge in [-0.3, -0.25) is 4.79 Å². The Morgan fingerprint density at radius 2 is 2.05 bits per heavy atom. The van der Waals surface area contributed by atoms with E-state index in [0.717, 1.165) is 17.5 Å². The predicted octanol–water partition coefficient (Wildman–Crippen LogP) is 2.28. The number of hydrogen-bond donors (Lipinski definition) is 0. The van der Waals surface area contributed by atoms with Crippen LogP contribution >= 0.6 is 0 Å². The molecule has 1 heterocycles. The molecule has 0 unspecified atom stereocenters. The topological polar surface area (TPSA) is 48.3 Å². The molecule has 0 bridgehead atoms. The summed E-state index contributed by atoms with van der Waals surface area (Å²) in [4.78, 5) is 24.1. The van der Waals surface area contributed by atoms with E-state index in [1.807, 2.05) is 32.2 Å². The highest BCUT2D eigenvalue weighted by Gasteiger charge is 2.15. The van der Waals surface area contributed by atoms with E-state index in [1.165, 1.54) is 6.20 Å². The number of rotatable bonds is 3. The van der Waals surface area contributed by atoms with Crippen molar-refractivity contribution >= 4 is 16.9 Å². The average molecular weight is 259 g/mol. The first-order valence-electron chi connectivity index (χ1n) is 6.37. The Balaban J connectivity index is 2.72. The summed E-state index contributed by atoms with van der Waals surface area (Å²) in [5, 5.41) is 0.562. The molecule has 0 atom stereocenters. The van der Waals surface area contributed by atoms with E-state index < -0.39 is 5.97 Å². The molecule has 2 aromatic rings. The highest BCUT2D eigenvalue weighted by Crippen LogP contribution is 2.14. The van der Waals surface area contributed by atoms with Crippen molar-refractivity contribution in [3.05, 3.63) is 45.7 Å². The molecule has 0 aliphatic carbocycles. The van der Waals surface area contributed by atoms with Crippen LogP contribution in [0.2, 0.25) is 0 Å². The predicted molar refractivity (Wildman–Crippen MR) is 74.5 cm³/mol. The van der Waals surface area contributed by atoms with Gasteiger partial charge in [-0.1, -0.05) is 13.0 Å². The summed E-state index contributed by atoms with van der Waals surface area (Å²) >= 11 is 0. The number of nitrogens with zero attached hydrogens (tertiary/aromatic N) is 1. The van der Waals surface area contributed by atoms with Gasteiger partial charge >= 0.3 is 5.97 Å². The molecule has 0 radical (unpaired) electrons. The van der Waals surface area contributed by atoms with Crippen molar-refractivity contribution < 1.29 is 9.53 Å². The second-order valence-corrected chi connectivity index (χ2v) is 4.41. The molecule has 4 heteroatoms. The zero-order valence-electron chi connectivity index (χ0n) is 11.4. The lowest BCUT2D eigenvalue weighted by molar-refractivity contribution is 0.0524. The first-order valence-corrected chi connectivity index (χ1v) is 6.37. The van der Waals surface area contributed by atoms with Gasteiger partial charge in [-0.2, -0.15) is 0 Å². The van der Waals surface area contributed by atoms with E-state index in [2.05, 4.69) is 0 Å². The summed E-state index contributed by atoms with van der Waals surface area (Å²) in [6.45, 7) is 4.01. The van der Waals surface area contributed by atoms with Crippen molar-refractivity contribution in [3.63, 3.8) is 0 Å². The fourth-order valence-electron chi connectivity index (χ4n) is 2.11. The lowest BCUT2D eigenvalue weighted by atomic mass is 10.1. The molecule has 0 saturated carbocycles. The summed E-state index contributed by atoms with van der Waals surface area (Å²) in [5.74, 6) is -0.563. The molecule has 4 nitrogen and oxygen atoms in total. The summed E-state index contributed by atoms with van der Waals surface area (Å²) in [6, 6.07) is 5.75. The van der Waals surface area contributed by atoms with E-state index in [-0.39, 0.29) is 17.6 Å². The Bertz CT molecular complexity index is 686. The molecule has 19 heavy (non-hydrogen) atoms. The molecule has 0 saturated heterocycles. The molecule has 0 aliphatic heterocycles. The number of benzene rings is 1. The van der Waals surface area contributed by atoms with Crippen LogP contribution in [0.3, 0.4) is 0 Å². The number of fused-ring (bicyclic) bond motifs is 1. The van der Waals surface area contributed by atoms with Crippen LogP contribution in [-0.2, 0) is 18.2 Å². The van der Waals surface area contributed by atoms with Gasteiger partial charge in [-0.15, -0.1) is 0 Å². The fraction of sp³-hybridized carbons (Fsp3) is 0.333. The van der Waals surface area contributed by atoms with Gasteiger partial charge in [-0.25, -0.2) is 4.79 Å². The van der Waals surface area contributed by atoms with Gasteiger partial charge < -0.3 is 9.30 Å². The zero-order chi connectivity index (χ0) is 14.0. The monoisotopic (exact) mass is 259 g/mol. The van der Waals surface area contributed by atoms with Gasteiger partial charge in [-0.05, 0) is 31.0 Å². The first-order chi connectivity index (χ1) is 9.08. The van der Waals surface area contributed by atoms with Crippen LogP contribution in [0.5, 0.6) is 0 Å². The third-order valence-corrected chi connectivity index (χ3v) is 3.16. The quantitative estimate of drug-likeness (QED) is 0.794. The van der Waals surface area contributed by atoms with E-state index in [4.69, 9.17) is 4.74 Å². The van der Waals surface area contributed by atoms with Gasteiger partial charge in [0.25, 0.3) is 0 Å². The SMILES string of the molecule is CCOC(=O)c1cn(C)c2ccc(CC)cc2c1=O. The summed E-state index contributed by atoms with van der Waals surface area (Å²) in [6.07, 6.45) is 2.39. The molecule has 0 fully saturated rings. The van der Waals surface area contributed by atoms with E-state index in [9.17, 15) is 9.59 Å². The van der Waals surface area contributed by atoms with E-state index in [0.29, 0.717) is 5.39 Å². The fourth-order valence-corrected chi connectivity index (χ4v) is 2.11. The van der Waals surface area contributed by atoms with Crippen molar-refractivity contribution in [3.8, 4) is 0 Å². The van der Waals surface area contributed by atoms with E-state index in [1.54, 1.807) is 11.5 Å². The summed E-state index contributed by atoms with van der Waals surface area (Å²) in [7, 11) is 1.82. The standard InChI is InChI=1S/C15H17NO3/c1-4-10-6-7-13-11(8-10)14(17)12(9-16(13)3)15(18)19-5-2/h6-9H,4-5H2,1-3H3. The number of carbonyl (C=O) groups excluding carboxylic acids is 1. The van der Waals surface area contributed by atoms with E-state index >= 15 is 0 Å². The minimum Gasteiger partial charge on any atom is -0.462 e. The first kappa shape index (κ1) is 13.3. The molecule has 0 aliphatic rings. The zero-order valence-corrected chi connectivity index (χ0v) is 11.4. The van der Waals surface area contributed by atoms with Gasteiger partial charge in [0, 0.05) is 18.6 Å². The van der Waals surface area contributed by atoms with Crippen molar-refractivity contribution in [2.45, 2.75) is 20.3 Å². The minimum atomic E-state index is -0.563. The van der Waals surface area contributed by atoms with Crippen molar-refractivity contribution in [2.24, 2.45) is 7.05 Å². The van der Waals surface area contributed by atoms with Crippen LogP contribution in [-0.4, -0.2) is 17.1 Å². The Hall–Kier alpha value is -2.10. The number of ether oxygens (including phenoxy) is 1. The number of carbonyl (C=O) groups is 1. The van der Waals surface area contributed by atoms with Crippen molar-refractivity contribution in [2.75, 3.05) is 6.61 Å². The minimum absolute atomic E-state index is 0.0881. The van der Waals surface area contributed by atoms with Gasteiger partial charge in [0.1, 0.15) is 5.56 Å². The van der Waals surface area contributed by atoms with Crippen LogP contribution in [0, 0.1) is 0 Å². The second-order valence-electron chi connectivity index (χ2n) is 4.41. The van der Waals surface area contributed by atoms with Crippen LogP contribution in [0.15, 0.2) is 29.2 Å². The third kappa shape index (κ3) is 2.38. The Labute approximate surface area is 111 Å². The Morgan fingerprint density at radius 3 is 2.68 bits per heavy atom. The van der Waals surface area contributed by atoms with Gasteiger partial charge in [0.05, 0.1) is 12.1 Å².